The standard InChI is InChI=1S/C11H14N2O2S/c1-9-5-3-4-6-11(9)10(2)13-16(14,15)8-7-12/h3-6,10,13H,8H2,1-2H3. The van der Waals surface area contributed by atoms with Crippen molar-refractivity contribution in [3.8, 4) is 6.07 Å². The molecule has 1 atom stereocenters. The number of benzene rings is 1. The predicted octanol–water partition coefficient (Wildman–Crippen LogP) is 1.50. The summed E-state index contributed by atoms with van der Waals surface area (Å²) < 4.78 is 25.2. The molecule has 1 aromatic carbocycles. The van der Waals surface area contributed by atoms with E-state index in [1.807, 2.05) is 31.2 Å². The predicted molar refractivity (Wildman–Crippen MR) is 62.1 cm³/mol. The largest absolute Gasteiger partial charge is 0.225 e. The zero-order valence-corrected chi connectivity index (χ0v) is 10.1. The van der Waals surface area contributed by atoms with Crippen LogP contribution in [0.3, 0.4) is 0 Å². The summed E-state index contributed by atoms with van der Waals surface area (Å²) in [5.41, 5.74) is 1.94. The maximum Gasteiger partial charge on any atom is 0.225 e. The van der Waals surface area contributed by atoms with E-state index in [4.69, 9.17) is 5.26 Å². The van der Waals surface area contributed by atoms with E-state index in [1.54, 1.807) is 13.0 Å². The Hall–Kier alpha value is -1.38. The highest BCUT2D eigenvalue weighted by Crippen LogP contribution is 2.17. The fraction of sp³-hybridized carbons (Fsp3) is 0.364. The Morgan fingerprint density at radius 1 is 1.44 bits per heavy atom. The monoisotopic (exact) mass is 238 g/mol. The molecule has 0 heterocycles. The van der Waals surface area contributed by atoms with E-state index in [2.05, 4.69) is 4.72 Å². The number of sulfonamides is 1. The van der Waals surface area contributed by atoms with Gasteiger partial charge in [-0.15, -0.1) is 0 Å². The highest BCUT2D eigenvalue weighted by Gasteiger charge is 2.16. The molecule has 0 saturated carbocycles. The summed E-state index contributed by atoms with van der Waals surface area (Å²) in [6, 6.07) is 8.86. The molecule has 4 nitrogen and oxygen atoms in total. The third-order valence-corrected chi connectivity index (χ3v) is 3.49. The molecule has 0 saturated heterocycles. The maximum atomic E-state index is 11.4. The summed E-state index contributed by atoms with van der Waals surface area (Å²) in [7, 11) is -3.51. The van der Waals surface area contributed by atoms with Crippen molar-refractivity contribution in [2.75, 3.05) is 5.75 Å². The van der Waals surface area contributed by atoms with Gasteiger partial charge in [-0.25, -0.2) is 13.1 Å². The second-order valence-electron chi connectivity index (χ2n) is 3.61. The molecular weight excluding hydrogens is 224 g/mol. The third kappa shape index (κ3) is 3.33. The molecule has 0 spiro atoms. The highest BCUT2D eigenvalue weighted by atomic mass is 32.2. The average Bonchev–Trinajstić information content (AvgIpc) is 2.17. The highest BCUT2D eigenvalue weighted by molar-refractivity contribution is 7.89. The first-order valence-corrected chi connectivity index (χ1v) is 6.54. The SMILES string of the molecule is Cc1ccccc1C(C)NS(=O)(=O)CC#N. The van der Waals surface area contributed by atoms with Gasteiger partial charge in [0.25, 0.3) is 0 Å². The first kappa shape index (κ1) is 12.7. The van der Waals surface area contributed by atoms with Crippen LogP contribution in [0.25, 0.3) is 0 Å². The minimum absolute atomic E-state index is 0.320. The molecule has 0 aliphatic heterocycles. The summed E-state index contributed by atoms with van der Waals surface area (Å²) in [4.78, 5) is 0. The van der Waals surface area contributed by atoms with Gasteiger partial charge in [-0.05, 0) is 25.0 Å². The molecule has 0 aliphatic rings. The number of nitrogens with one attached hydrogen (secondary N) is 1. The molecule has 0 aliphatic carbocycles. The Morgan fingerprint density at radius 3 is 2.62 bits per heavy atom. The third-order valence-electron chi connectivity index (χ3n) is 2.27. The molecule has 0 fully saturated rings. The Bertz CT molecular complexity index is 503. The second kappa shape index (κ2) is 5.10. The van der Waals surface area contributed by atoms with Gasteiger partial charge in [-0.3, -0.25) is 0 Å². The van der Waals surface area contributed by atoms with E-state index < -0.39 is 15.8 Å². The lowest BCUT2D eigenvalue weighted by molar-refractivity contribution is 0.570. The van der Waals surface area contributed by atoms with Crippen molar-refractivity contribution in [1.82, 2.24) is 4.72 Å². The molecule has 1 N–H and O–H groups in total. The molecule has 1 unspecified atom stereocenters. The fourth-order valence-electron chi connectivity index (χ4n) is 1.53. The summed E-state index contributed by atoms with van der Waals surface area (Å²) in [6.45, 7) is 3.68. The van der Waals surface area contributed by atoms with Crippen molar-refractivity contribution in [3.05, 3.63) is 35.4 Å². The number of nitrogens with zero attached hydrogens (tertiary/aromatic N) is 1. The summed E-state index contributed by atoms with van der Waals surface area (Å²) in [5.74, 6) is -0.511. The quantitative estimate of drug-likeness (QED) is 0.864. The van der Waals surface area contributed by atoms with E-state index in [-0.39, 0.29) is 6.04 Å². The zero-order valence-electron chi connectivity index (χ0n) is 9.27. The zero-order chi connectivity index (χ0) is 12.2. The van der Waals surface area contributed by atoms with Crippen LogP contribution in [-0.4, -0.2) is 14.2 Å². The van der Waals surface area contributed by atoms with Crippen molar-refractivity contribution >= 4 is 10.0 Å². The van der Waals surface area contributed by atoms with Crippen LogP contribution in [0.2, 0.25) is 0 Å². The number of hydrogen-bond acceptors (Lipinski definition) is 3. The van der Waals surface area contributed by atoms with Gasteiger partial charge in [0.15, 0.2) is 5.75 Å². The van der Waals surface area contributed by atoms with Crippen LogP contribution >= 0.6 is 0 Å². The molecule has 5 heteroatoms. The van der Waals surface area contributed by atoms with Gasteiger partial charge in [0.2, 0.25) is 10.0 Å². The minimum Gasteiger partial charge on any atom is -0.211 e. The van der Waals surface area contributed by atoms with Gasteiger partial charge >= 0.3 is 0 Å². The molecule has 0 radical (unpaired) electrons. The molecule has 1 rings (SSSR count). The first-order chi connectivity index (χ1) is 7.46. The van der Waals surface area contributed by atoms with Crippen LogP contribution in [0.15, 0.2) is 24.3 Å². The van der Waals surface area contributed by atoms with Crippen LogP contribution in [0.1, 0.15) is 24.1 Å². The molecular formula is C11H14N2O2S. The van der Waals surface area contributed by atoms with Gasteiger partial charge < -0.3 is 0 Å². The molecule has 86 valence electrons. The van der Waals surface area contributed by atoms with E-state index >= 15 is 0 Å². The van der Waals surface area contributed by atoms with Crippen LogP contribution in [0, 0.1) is 18.3 Å². The van der Waals surface area contributed by atoms with Crippen LogP contribution in [-0.2, 0) is 10.0 Å². The van der Waals surface area contributed by atoms with Gasteiger partial charge in [-0.1, -0.05) is 24.3 Å². The van der Waals surface area contributed by atoms with Crippen LogP contribution in [0.5, 0.6) is 0 Å². The molecule has 1 aromatic rings. The van der Waals surface area contributed by atoms with Crippen molar-refractivity contribution in [2.24, 2.45) is 0 Å². The second-order valence-corrected chi connectivity index (χ2v) is 5.37. The molecule has 0 aromatic heterocycles. The first-order valence-electron chi connectivity index (χ1n) is 4.89. The average molecular weight is 238 g/mol. The lowest BCUT2D eigenvalue weighted by Crippen LogP contribution is -2.29. The number of aryl methyl sites for hydroxylation is 1. The van der Waals surface area contributed by atoms with Crippen molar-refractivity contribution in [1.29, 1.82) is 5.26 Å². The molecule has 0 bridgehead atoms. The lowest BCUT2D eigenvalue weighted by atomic mass is 10.0. The lowest BCUT2D eigenvalue weighted by Gasteiger charge is -2.15. The van der Waals surface area contributed by atoms with Crippen molar-refractivity contribution in [2.45, 2.75) is 19.9 Å². The summed E-state index contributed by atoms with van der Waals surface area (Å²) in [6.07, 6.45) is 0. The topological polar surface area (TPSA) is 70.0 Å². The van der Waals surface area contributed by atoms with Crippen molar-refractivity contribution < 1.29 is 8.42 Å². The van der Waals surface area contributed by atoms with E-state index in [0.29, 0.717) is 0 Å². The van der Waals surface area contributed by atoms with E-state index in [0.717, 1.165) is 11.1 Å². The fourth-order valence-corrected chi connectivity index (χ4v) is 2.45. The number of hydrogen-bond donors (Lipinski definition) is 1. The summed E-state index contributed by atoms with van der Waals surface area (Å²) in [5, 5.41) is 8.37. The van der Waals surface area contributed by atoms with Crippen LogP contribution in [0.4, 0.5) is 0 Å². The Labute approximate surface area is 96.0 Å². The van der Waals surface area contributed by atoms with Gasteiger partial charge in [0, 0.05) is 6.04 Å². The normalized spacial score (nSPS) is 13.1. The van der Waals surface area contributed by atoms with Crippen LogP contribution < -0.4 is 4.72 Å². The maximum absolute atomic E-state index is 11.4. The number of rotatable bonds is 4. The smallest absolute Gasteiger partial charge is 0.211 e. The summed E-state index contributed by atoms with van der Waals surface area (Å²) >= 11 is 0. The minimum atomic E-state index is -3.51. The number of nitriles is 1. The molecule has 0 amide bonds. The van der Waals surface area contributed by atoms with Gasteiger partial charge in [0.05, 0.1) is 6.07 Å². The van der Waals surface area contributed by atoms with Gasteiger partial charge in [0.1, 0.15) is 0 Å². The Kier molecular flexibility index (Phi) is 4.05. The molecule has 16 heavy (non-hydrogen) atoms. The van der Waals surface area contributed by atoms with E-state index in [9.17, 15) is 8.42 Å². The van der Waals surface area contributed by atoms with Gasteiger partial charge in [-0.2, -0.15) is 5.26 Å². The Balaban J connectivity index is 2.86. The Morgan fingerprint density at radius 2 is 2.06 bits per heavy atom. The van der Waals surface area contributed by atoms with E-state index in [1.165, 1.54) is 0 Å². The van der Waals surface area contributed by atoms with Crippen molar-refractivity contribution in [3.63, 3.8) is 0 Å².